The van der Waals surface area contributed by atoms with Crippen molar-refractivity contribution < 1.29 is 9.47 Å². The van der Waals surface area contributed by atoms with Crippen LogP contribution in [0.2, 0.25) is 0 Å². The molecular formula is C9H21O2S+. The first-order valence-corrected chi connectivity index (χ1v) is 6.30. The van der Waals surface area contributed by atoms with Crippen molar-refractivity contribution in [2.75, 3.05) is 31.0 Å². The topological polar surface area (TPSA) is 18.5 Å². The van der Waals surface area contributed by atoms with Gasteiger partial charge in [-0.2, -0.15) is 0 Å². The summed E-state index contributed by atoms with van der Waals surface area (Å²) in [5.74, 6) is 3.53. The summed E-state index contributed by atoms with van der Waals surface area (Å²) in [5, 5.41) is 0. The lowest BCUT2D eigenvalue weighted by atomic mass is 10.7. The van der Waals surface area contributed by atoms with E-state index in [9.17, 15) is 0 Å². The molecule has 0 aliphatic heterocycles. The standard InChI is InChI=1S/C9H21O2S/c1-5-11-9(10-4)8-12(6-2)7-3/h9H,5-8H2,1-4H3/q+1. The molecule has 0 aromatic carbocycles. The largest absolute Gasteiger partial charge is 0.352 e. The molecule has 1 unspecified atom stereocenters. The molecule has 12 heavy (non-hydrogen) atoms. The molecule has 0 spiro atoms. The lowest BCUT2D eigenvalue weighted by Crippen LogP contribution is -2.28. The van der Waals surface area contributed by atoms with Crippen LogP contribution in [-0.2, 0) is 20.4 Å². The van der Waals surface area contributed by atoms with Gasteiger partial charge in [0.2, 0.25) is 6.29 Å². The van der Waals surface area contributed by atoms with Gasteiger partial charge in [0.15, 0.2) is 5.75 Å². The summed E-state index contributed by atoms with van der Waals surface area (Å²) in [6.07, 6.45) is 0.0123. The predicted octanol–water partition coefficient (Wildman–Crippen LogP) is 1.65. The van der Waals surface area contributed by atoms with E-state index in [1.165, 1.54) is 11.5 Å². The van der Waals surface area contributed by atoms with Crippen molar-refractivity contribution in [2.45, 2.75) is 27.1 Å². The van der Waals surface area contributed by atoms with Crippen LogP contribution in [0.5, 0.6) is 0 Å². The third-order valence-electron chi connectivity index (χ3n) is 1.80. The van der Waals surface area contributed by atoms with E-state index in [0.717, 1.165) is 12.4 Å². The van der Waals surface area contributed by atoms with Crippen molar-refractivity contribution in [2.24, 2.45) is 0 Å². The maximum atomic E-state index is 5.41. The normalized spacial score (nSPS) is 13.8. The molecule has 0 aromatic rings. The second kappa shape index (κ2) is 7.90. The average molecular weight is 193 g/mol. The molecule has 0 saturated carbocycles. The van der Waals surface area contributed by atoms with Crippen molar-refractivity contribution in [3.05, 3.63) is 0 Å². The van der Waals surface area contributed by atoms with E-state index in [0.29, 0.717) is 10.9 Å². The van der Waals surface area contributed by atoms with E-state index < -0.39 is 0 Å². The molecule has 0 amide bonds. The van der Waals surface area contributed by atoms with Crippen LogP contribution in [0.1, 0.15) is 20.8 Å². The molecule has 0 rings (SSSR count). The van der Waals surface area contributed by atoms with Crippen molar-refractivity contribution in [3.8, 4) is 0 Å². The highest BCUT2D eigenvalue weighted by atomic mass is 32.2. The van der Waals surface area contributed by atoms with E-state index in [1.54, 1.807) is 7.11 Å². The minimum absolute atomic E-state index is 0.0123. The first-order valence-electron chi connectivity index (χ1n) is 4.56. The first kappa shape index (κ1) is 12.3. The van der Waals surface area contributed by atoms with Gasteiger partial charge in [0.05, 0.1) is 0 Å². The van der Waals surface area contributed by atoms with Gasteiger partial charge in [-0.1, -0.05) is 0 Å². The zero-order chi connectivity index (χ0) is 9.40. The Morgan fingerprint density at radius 3 is 2.08 bits per heavy atom. The van der Waals surface area contributed by atoms with Gasteiger partial charge < -0.3 is 9.47 Å². The van der Waals surface area contributed by atoms with Crippen LogP contribution < -0.4 is 0 Å². The van der Waals surface area contributed by atoms with E-state index >= 15 is 0 Å². The Bertz CT molecular complexity index is 94.5. The van der Waals surface area contributed by atoms with Crippen molar-refractivity contribution >= 4 is 10.9 Å². The molecule has 0 bridgehead atoms. The van der Waals surface area contributed by atoms with Crippen molar-refractivity contribution in [3.63, 3.8) is 0 Å². The van der Waals surface area contributed by atoms with Gasteiger partial charge in [-0.15, -0.1) is 0 Å². The van der Waals surface area contributed by atoms with E-state index in [-0.39, 0.29) is 6.29 Å². The Morgan fingerprint density at radius 1 is 1.17 bits per heavy atom. The third-order valence-corrected chi connectivity index (χ3v) is 4.18. The number of methoxy groups -OCH3 is 1. The highest BCUT2D eigenvalue weighted by Crippen LogP contribution is 2.03. The summed E-state index contributed by atoms with van der Waals surface area (Å²) in [6, 6.07) is 0. The van der Waals surface area contributed by atoms with Gasteiger partial charge in [0.1, 0.15) is 11.5 Å². The minimum Gasteiger partial charge on any atom is -0.352 e. The lowest BCUT2D eigenvalue weighted by molar-refractivity contribution is -0.103. The Kier molecular flexibility index (Phi) is 8.07. The Morgan fingerprint density at radius 2 is 1.75 bits per heavy atom. The molecule has 0 N–H and O–H groups in total. The van der Waals surface area contributed by atoms with Crippen LogP contribution in [0.3, 0.4) is 0 Å². The molecule has 0 aliphatic rings. The second-order valence-electron chi connectivity index (χ2n) is 2.48. The molecule has 3 heteroatoms. The monoisotopic (exact) mass is 193 g/mol. The minimum atomic E-state index is 0.0123. The number of hydrogen-bond acceptors (Lipinski definition) is 2. The summed E-state index contributed by atoms with van der Waals surface area (Å²) in [7, 11) is 2.20. The van der Waals surface area contributed by atoms with Crippen LogP contribution >= 0.6 is 0 Å². The Hall–Kier alpha value is 0.270. The Balaban J connectivity index is 3.65. The highest BCUT2D eigenvalue weighted by molar-refractivity contribution is 7.96. The van der Waals surface area contributed by atoms with Crippen LogP contribution in [0.25, 0.3) is 0 Å². The number of rotatable bonds is 7. The Labute approximate surface area is 79.0 Å². The summed E-state index contributed by atoms with van der Waals surface area (Å²) >= 11 is 0. The molecule has 0 radical (unpaired) electrons. The smallest absolute Gasteiger partial charge is 0.202 e. The van der Waals surface area contributed by atoms with Crippen LogP contribution in [0.15, 0.2) is 0 Å². The number of ether oxygens (including phenoxy) is 2. The fourth-order valence-corrected chi connectivity index (χ4v) is 2.50. The third kappa shape index (κ3) is 5.01. The summed E-state index contributed by atoms with van der Waals surface area (Å²) in [5.41, 5.74) is 0. The molecule has 0 heterocycles. The maximum Gasteiger partial charge on any atom is 0.202 e. The zero-order valence-corrected chi connectivity index (χ0v) is 9.45. The van der Waals surface area contributed by atoms with Gasteiger partial charge in [0.25, 0.3) is 0 Å². The fraction of sp³-hybridized carbons (Fsp3) is 1.00. The van der Waals surface area contributed by atoms with Crippen LogP contribution in [-0.4, -0.2) is 37.3 Å². The van der Waals surface area contributed by atoms with E-state index in [4.69, 9.17) is 9.47 Å². The van der Waals surface area contributed by atoms with Crippen molar-refractivity contribution in [1.82, 2.24) is 0 Å². The summed E-state index contributed by atoms with van der Waals surface area (Å²) in [4.78, 5) is 0. The molecule has 0 saturated heterocycles. The SMILES string of the molecule is CCOC(C[S+](CC)CC)OC. The first-order chi connectivity index (χ1) is 5.78. The van der Waals surface area contributed by atoms with Gasteiger partial charge in [0, 0.05) is 13.7 Å². The lowest BCUT2D eigenvalue weighted by Gasteiger charge is -2.14. The van der Waals surface area contributed by atoms with Gasteiger partial charge >= 0.3 is 0 Å². The molecule has 2 nitrogen and oxygen atoms in total. The van der Waals surface area contributed by atoms with E-state index in [1.807, 2.05) is 6.92 Å². The molecule has 0 aliphatic carbocycles. The fourth-order valence-electron chi connectivity index (χ4n) is 1.00. The average Bonchev–Trinajstić information content (AvgIpc) is 2.12. The van der Waals surface area contributed by atoms with Gasteiger partial charge in [-0.05, 0) is 31.7 Å². The van der Waals surface area contributed by atoms with Crippen LogP contribution in [0, 0.1) is 0 Å². The number of hydrogen-bond donors (Lipinski definition) is 0. The zero-order valence-electron chi connectivity index (χ0n) is 8.63. The van der Waals surface area contributed by atoms with E-state index in [2.05, 4.69) is 13.8 Å². The maximum absolute atomic E-state index is 5.41. The second-order valence-corrected chi connectivity index (χ2v) is 5.19. The van der Waals surface area contributed by atoms with Gasteiger partial charge in [-0.3, -0.25) is 0 Å². The van der Waals surface area contributed by atoms with Crippen LogP contribution in [0.4, 0.5) is 0 Å². The summed E-state index contributed by atoms with van der Waals surface area (Å²) in [6.45, 7) is 7.20. The van der Waals surface area contributed by atoms with Gasteiger partial charge in [-0.25, -0.2) is 0 Å². The molecule has 1 atom stereocenters. The molecule has 0 fully saturated rings. The molecular weight excluding hydrogens is 172 g/mol. The molecule has 0 aromatic heterocycles. The highest BCUT2D eigenvalue weighted by Gasteiger charge is 2.20. The summed E-state index contributed by atoms with van der Waals surface area (Å²) < 4.78 is 10.6. The molecule has 74 valence electrons. The quantitative estimate of drug-likeness (QED) is 0.452. The van der Waals surface area contributed by atoms with Crippen molar-refractivity contribution in [1.29, 1.82) is 0 Å². The predicted molar refractivity (Wildman–Crippen MR) is 55.7 cm³/mol.